The molecule has 0 aliphatic carbocycles. The fraction of sp³-hybridized carbons (Fsp3) is 0.778. The van der Waals surface area contributed by atoms with Gasteiger partial charge in [0.2, 0.25) is 0 Å². The third-order valence-electron chi connectivity index (χ3n) is 1.91. The van der Waals surface area contributed by atoms with Crippen molar-refractivity contribution < 1.29 is 0 Å². The molecule has 0 amide bonds. The van der Waals surface area contributed by atoms with E-state index in [1.54, 1.807) is 0 Å². The fourth-order valence-electron chi connectivity index (χ4n) is 1.11. The molecule has 0 aliphatic heterocycles. The summed E-state index contributed by atoms with van der Waals surface area (Å²) in [6.45, 7) is 10.4. The van der Waals surface area contributed by atoms with Crippen LogP contribution in [0.2, 0.25) is 0 Å². The van der Waals surface area contributed by atoms with Gasteiger partial charge >= 0.3 is 0 Å². The molecule has 0 aromatic carbocycles. The first-order valence-electron chi connectivity index (χ1n) is 3.81. The van der Waals surface area contributed by atoms with Gasteiger partial charge in [0.15, 0.2) is 0 Å². The molecule has 1 heteroatoms. The fourth-order valence-corrected chi connectivity index (χ4v) is 1.11. The van der Waals surface area contributed by atoms with Crippen molar-refractivity contribution in [3.8, 4) is 12.3 Å². The Labute approximate surface area is 64.4 Å². The molecule has 0 saturated heterocycles. The van der Waals surface area contributed by atoms with E-state index in [0.29, 0.717) is 0 Å². The molecule has 0 N–H and O–H groups in total. The van der Waals surface area contributed by atoms with Crippen molar-refractivity contribution >= 4 is 0 Å². The molecular weight excluding hydrogens is 122 g/mol. The lowest BCUT2D eigenvalue weighted by atomic mass is 10.0. The molecule has 0 spiro atoms. The summed E-state index contributed by atoms with van der Waals surface area (Å²) in [5, 5.41) is 0. The standard InChI is InChI=1S/C9H17N/c1-6-9(4,5)10(7-2)8-3/h1H,7-8H2,2-5H3. The van der Waals surface area contributed by atoms with Crippen LogP contribution in [0.15, 0.2) is 0 Å². The first-order chi connectivity index (χ1) is 4.58. The number of terminal acetylenes is 1. The molecule has 0 saturated carbocycles. The summed E-state index contributed by atoms with van der Waals surface area (Å²) in [6, 6.07) is 0. The quantitative estimate of drug-likeness (QED) is 0.538. The SMILES string of the molecule is C#CC(C)(C)N(CC)CC. The molecule has 0 aromatic rings. The predicted molar refractivity (Wildman–Crippen MR) is 45.8 cm³/mol. The first kappa shape index (κ1) is 9.52. The van der Waals surface area contributed by atoms with Crippen LogP contribution < -0.4 is 0 Å². The average Bonchev–Trinajstić information content (AvgIpc) is 1.90. The summed E-state index contributed by atoms with van der Waals surface area (Å²) in [4.78, 5) is 2.26. The summed E-state index contributed by atoms with van der Waals surface area (Å²) in [6.07, 6.45) is 5.37. The third-order valence-corrected chi connectivity index (χ3v) is 1.91. The van der Waals surface area contributed by atoms with Crippen molar-refractivity contribution in [3.05, 3.63) is 0 Å². The Morgan fingerprint density at radius 3 is 1.80 bits per heavy atom. The number of rotatable bonds is 3. The van der Waals surface area contributed by atoms with Crippen molar-refractivity contribution in [2.45, 2.75) is 33.2 Å². The molecule has 0 aliphatic rings. The van der Waals surface area contributed by atoms with Crippen molar-refractivity contribution in [3.63, 3.8) is 0 Å². The van der Waals surface area contributed by atoms with Crippen LogP contribution in [-0.2, 0) is 0 Å². The highest BCUT2D eigenvalue weighted by atomic mass is 15.2. The second-order valence-corrected chi connectivity index (χ2v) is 2.88. The van der Waals surface area contributed by atoms with Crippen molar-refractivity contribution in [1.82, 2.24) is 4.90 Å². The van der Waals surface area contributed by atoms with Gasteiger partial charge in [-0.3, -0.25) is 4.90 Å². The normalized spacial score (nSPS) is 11.6. The van der Waals surface area contributed by atoms with Gasteiger partial charge in [-0.2, -0.15) is 0 Å². The minimum atomic E-state index is -0.0799. The maximum Gasteiger partial charge on any atom is 0.0765 e. The van der Waals surface area contributed by atoms with E-state index in [1.807, 2.05) is 0 Å². The minimum absolute atomic E-state index is 0.0799. The van der Waals surface area contributed by atoms with Crippen molar-refractivity contribution in [1.29, 1.82) is 0 Å². The van der Waals surface area contributed by atoms with Crippen LogP contribution in [0.1, 0.15) is 27.7 Å². The summed E-state index contributed by atoms with van der Waals surface area (Å²) in [5.41, 5.74) is -0.0799. The molecule has 0 radical (unpaired) electrons. The number of hydrogen-bond acceptors (Lipinski definition) is 1. The maximum atomic E-state index is 5.37. The zero-order valence-corrected chi connectivity index (χ0v) is 7.44. The van der Waals surface area contributed by atoms with Crippen LogP contribution in [0, 0.1) is 12.3 Å². The molecule has 0 bridgehead atoms. The van der Waals surface area contributed by atoms with E-state index in [9.17, 15) is 0 Å². The Morgan fingerprint density at radius 2 is 1.70 bits per heavy atom. The molecule has 0 unspecified atom stereocenters. The Hall–Kier alpha value is -0.480. The van der Waals surface area contributed by atoms with Crippen LogP contribution >= 0.6 is 0 Å². The molecule has 58 valence electrons. The molecule has 0 fully saturated rings. The van der Waals surface area contributed by atoms with Gasteiger partial charge in [0.25, 0.3) is 0 Å². The number of hydrogen-bond donors (Lipinski definition) is 0. The lowest BCUT2D eigenvalue weighted by molar-refractivity contribution is 0.189. The molecule has 1 nitrogen and oxygen atoms in total. The molecule has 0 atom stereocenters. The lowest BCUT2D eigenvalue weighted by Gasteiger charge is -2.32. The molecule has 0 aromatic heterocycles. The largest absolute Gasteiger partial charge is 0.288 e. The zero-order valence-electron chi connectivity index (χ0n) is 7.44. The first-order valence-corrected chi connectivity index (χ1v) is 3.81. The van der Waals surface area contributed by atoms with Gasteiger partial charge in [0.1, 0.15) is 0 Å². The van der Waals surface area contributed by atoms with Crippen molar-refractivity contribution in [2.75, 3.05) is 13.1 Å². The monoisotopic (exact) mass is 139 g/mol. The minimum Gasteiger partial charge on any atom is -0.288 e. The summed E-state index contributed by atoms with van der Waals surface area (Å²) < 4.78 is 0. The lowest BCUT2D eigenvalue weighted by Crippen LogP contribution is -2.42. The summed E-state index contributed by atoms with van der Waals surface area (Å²) >= 11 is 0. The zero-order chi connectivity index (χ0) is 8.20. The van der Waals surface area contributed by atoms with Gasteiger partial charge < -0.3 is 0 Å². The summed E-state index contributed by atoms with van der Waals surface area (Å²) in [7, 11) is 0. The van der Waals surface area contributed by atoms with Gasteiger partial charge in [-0.25, -0.2) is 0 Å². The molecule has 10 heavy (non-hydrogen) atoms. The van der Waals surface area contributed by atoms with E-state index in [1.165, 1.54) is 0 Å². The Kier molecular flexibility index (Phi) is 3.46. The molecule has 0 rings (SSSR count). The highest BCUT2D eigenvalue weighted by Crippen LogP contribution is 2.10. The second kappa shape index (κ2) is 3.63. The van der Waals surface area contributed by atoms with Crippen molar-refractivity contribution in [2.24, 2.45) is 0 Å². The van der Waals surface area contributed by atoms with Crippen LogP contribution in [0.25, 0.3) is 0 Å². The summed E-state index contributed by atoms with van der Waals surface area (Å²) in [5.74, 6) is 2.77. The van der Waals surface area contributed by atoms with Crippen LogP contribution in [0.5, 0.6) is 0 Å². The van der Waals surface area contributed by atoms with Gasteiger partial charge in [0, 0.05) is 0 Å². The van der Waals surface area contributed by atoms with E-state index in [0.717, 1.165) is 13.1 Å². The van der Waals surface area contributed by atoms with Crippen LogP contribution in [0.3, 0.4) is 0 Å². The van der Waals surface area contributed by atoms with Crippen LogP contribution in [0.4, 0.5) is 0 Å². The second-order valence-electron chi connectivity index (χ2n) is 2.88. The van der Waals surface area contributed by atoms with E-state index >= 15 is 0 Å². The van der Waals surface area contributed by atoms with E-state index in [4.69, 9.17) is 6.42 Å². The predicted octanol–water partition coefficient (Wildman–Crippen LogP) is 1.74. The van der Waals surface area contributed by atoms with Crippen LogP contribution in [-0.4, -0.2) is 23.5 Å². The number of nitrogens with zero attached hydrogens (tertiary/aromatic N) is 1. The Morgan fingerprint density at radius 1 is 1.30 bits per heavy atom. The highest BCUT2D eigenvalue weighted by Gasteiger charge is 2.20. The van der Waals surface area contributed by atoms with Gasteiger partial charge in [-0.05, 0) is 26.9 Å². The topological polar surface area (TPSA) is 3.24 Å². The Balaban J connectivity index is 4.15. The van der Waals surface area contributed by atoms with Gasteiger partial charge in [0.05, 0.1) is 5.54 Å². The van der Waals surface area contributed by atoms with E-state index in [2.05, 4.69) is 38.5 Å². The third kappa shape index (κ3) is 2.04. The molecule has 0 heterocycles. The van der Waals surface area contributed by atoms with Gasteiger partial charge in [-0.1, -0.05) is 19.8 Å². The average molecular weight is 139 g/mol. The maximum absolute atomic E-state index is 5.37. The van der Waals surface area contributed by atoms with Gasteiger partial charge in [-0.15, -0.1) is 6.42 Å². The van der Waals surface area contributed by atoms with E-state index in [-0.39, 0.29) is 5.54 Å². The smallest absolute Gasteiger partial charge is 0.0765 e. The van der Waals surface area contributed by atoms with E-state index < -0.39 is 0 Å². The highest BCUT2D eigenvalue weighted by molar-refractivity contribution is 5.08. The molecular formula is C9H17N. The Bertz CT molecular complexity index is 126.